The van der Waals surface area contributed by atoms with Crippen molar-refractivity contribution < 1.29 is 0 Å². The molecule has 3 aromatic rings. The summed E-state index contributed by atoms with van der Waals surface area (Å²) < 4.78 is 0. The summed E-state index contributed by atoms with van der Waals surface area (Å²) in [6.45, 7) is 9.06. The van der Waals surface area contributed by atoms with Crippen molar-refractivity contribution in [3.63, 3.8) is 0 Å². The van der Waals surface area contributed by atoms with Crippen molar-refractivity contribution >= 4 is 24.4 Å². The normalized spacial score (nSPS) is 12.0. The summed E-state index contributed by atoms with van der Waals surface area (Å²) in [5.74, 6) is 0. The summed E-state index contributed by atoms with van der Waals surface area (Å²) in [6, 6.07) is 2.19. The topological polar surface area (TPSA) is 54.5 Å². The Morgan fingerprint density at radius 3 is 2.40 bits per heavy atom. The van der Waals surface area contributed by atoms with Gasteiger partial charge in [0.1, 0.15) is 12.0 Å². The number of pyridine rings is 1. The van der Waals surface area contributed by atoms with Crippen molar-refractivity contribution in [2.24, 2.45) is 0 Å². The Morgan fingerprint density at radius 1 is 1.05 bits per heavy atom. The monoisotopic (exact) mass is 282 g/mol. The summed E-state index contributed by atoms with van der Waals surface area (Å²) in [7, 11) is -1.51. The van der Waals surface area contributed by atoms with Crippen LogP contribution in [0.5, 0.6) is 0 Å². The van der Waals surface area contributed by atoms with E-state index in [0.29, 0.717) is 0 Å². The van der Waals surface area contributed by atoms with Gasteiger partial charge < -0.3 is 4.98 Å². The van der Waals surface area contributed by atoms with E-state index in [9.17, 15) is 0 Å². The van der Waals surface area contributed by atoms with Crippen LogP contribution < -0.4 is 5.32 Å². The summed E-state index contributed by atoms with van der Waals surface area (Å²) in [5.41, 5.74) is 4.39. The molecule has 0 bridgehead atoms. The molecule has 0 aliphatic rings. The molecule has 20 heavy (non-hydrogen) atoms. The first-order valence-corrected chi connectivity index (χ1v) is 10.2. The molecule has 0 saturated carbocycles. The molecular formula is C15H18N4Si. The van der Waals surface area contributed by atoms with E-state index in [1.807, 2.05) is 18.6 Å². The quantitative estimate of drug-likeness (QED) is 0.735. The van der Waals surface area contributed by atoms with Crippen LogP contribution in [0.2, 0.25) is 19.6 Å². The zero-order valence-corrected chi connectivity index (χ0v) is 13.2. The second-order valence-corrected chi connectivity index (χ2v) is 11.2. The SMILES string of the molecule is Cc1cnc2[nH]c([Si](C)(C)C)c(-c3cncnc3)c2c1. The number of hydrogen-bond acceptors (Lipinski definition) is 3. The maximum atomic E-state index is 4.53. The largest absolute Gasteiger partial charge is 0.347 e. The third-order valence-corrected chi connectivity index (χ3v) is 5.26. The van der Waals surface area contributed by atoms with Gasteiger partial charge in [-0.3, -0.25) is 0 Å². The van der Waals surface area contributed by atoms with Crippen molar-refractivity contribution in [1.82, 2.24) is 19.9 Å². The molecule has 0 aromatic carbocycles. The predicted molar refractivity (Wildman–Crippen MR) is 84.8 cm³/mol. The average molecular weight is 282 g/mol. The Hall–Kier alpha value is -2.01. The van der Waals surface area contributed by atoms with Crippen LogP contribution in [0.25, 0.3) is 22.2 Å². The fourth-order valence-electron chi connectivity index (χ4n) is 2.47. The molecule has 0 spiro atoms. The number of aromatic nitrogens is 4. The van der Waals surface area contributed by atoms with E-state index >= 15 is 0 Å². The fraction of sp³-hybridized carbons (Fsp3) is 0.267. The van der Waals surface area contributed by atoms with Crippen molar-refractivity contribution in [2.45, 2.75) is 26.6 Å². The van der Waals surface area contributed by atoms with Crippen molar-refractivity contribution in [2.75, 3.05) is 0 Å². The van der Waals surface area contributed by atoms with E-state index in [2.05, 4.69) is 52.6 Å². The Kier molecular flexibility index (Phi) is 2.94. The Balaban J connectivity index is 2.40. The third kappa shape index (κ3) is 2.14. The molecule has 0 aliphatic carbocycles. The molecule has 0 radical (unpaired) electrons. The molecule has 0 unspecified atom stereocenters. The van der Waals surface area contributed by atoms with Crippen LogP contribution in [0, 0.1) is 6.92 Å². The van der Waals surface area contributed by atoms with Crippen LogP contribution in [0.15, 0.2) is 31.0 Å². The van der Waals surface area contributed by atoms with Gasteiger partial charge in [0.05, 0.1) is 8.07 Å². The number of nitrogens with zero attached hydrogens (tertiary/aromatic N) is 3. The first-order valence-electron chi connectivity index (χ1n) is 6.71. The van der Waals surface area contributed by atoms with Crippen LogP contribution in [-0.4, -0.2) is 28.0 Å². The van der Waals surface area contributed by atoms with Gasteiger partial charge in [0.2, 0.25) is 0 Å². The van der Waals surface area contributed by atoms with Crippen LogP contribution >= 0.6 is 0 Å². The maximum absolute atomic E-state index is 4.53. The lowest BCUT2D eigenvalue weighted by molar-refractivity contribution is 1.17. The lowest BCUT2D eigenvalue weighted by Gasteiger charge is -2.17. The van der Waals surface area contributed by atoms with E-state index < -0.39 is 8.07 Å². The minimum absolute atomic E-state index is 0.951. The van der Waals surface area contributed by atoms with Gasteiger partial charge in [-0.05, 0) is 18.6 Å². The van der Waals surface area contributed by atoms with Gasteiger partial charge in [-0.25, -0.2) is 15.0 Å². The molecule has 3 heterocycles. The molecule has 3 aromatic heterocycles. The Bertz CT molecular complexity index is 757. The first-order chi connectivity index (χ1) is 9.47. The van der Waals surface area contributed by atoms with Crippen molar-refractivity contribution in [3.8, 4) is 11.1 Å². The minimum atomic E-state index is -1.51. The summed E-state index contributed by atoms with van der Waals surface area (Å²) in [4.78, 5) is 16.4. The lowest BCUT2D eigenvalue weighted by atomic mass is 10.1. The molecule has 3 rings (SSSR count). The molecule has 4 nitrogen and oxygen atoms in total. The lowest BCUT2D eigenvalue weighted by Crippen LogP contribution is -2.39. The maximum Gasteiger partial charge on any atom is 0.137 e. The number of fused-ring (bicyclic) bond motifs is 1. The molecule has 0 atom stereocenters. The van der Waals surface area contributed by atoms with Crippen LogP contribution in [0.1, 0.15) is 5.56 Å². The second kappa shape index (κ2) is 4.52. The zero-order chi connectivity index (χ0) is 14.3. The molecular weight excluding hydrogens is 264 g/mol. The molecule has 0 amide bonds. The van der Waals surface area contributed by atoms with Gasteiger partial charge in [-0.1, -0.05) is 19.6 Å². The zero-order valence-electron chi connectivity index (χ0n) is 12.2. The summed E-state index contributed by atoms with van der Waals surface area (Å²) in [6.07, 6.45) is 7.22. The summed E-state index contributed by atoms with van der Waals surface area (Å²) >= 11 is 0. The van der Waals surface area contributed by atoms with E-state index in [4.69, 9.17) is 0 Å². The average Bonchev–Trinajstić information content (AvgIpc) is 2.78. The van der Waals surface area contributed by atoms with Gasteiger partial charge in [-0.15, -0.1) is 0 Å². The number of H-pyrrole nitrogens is 1. The fourth-order valence-corrected chi connectivity index (χ4v) is 3.99. The highest BCUT2D eigenvalue weighted by Crippen LogP contribution is 2.28. The van der Waals surface area contributed by atoms with Gasteiger partial charge in [0, 0.05) is 40.4 Å². The number of rotatable bonds is 2. The molecule has 5 heteroatoms. The number of nitrogens with one attached hydrogen (secondary N) is 1. The highest BCUT2D eigenvalue weighted by atomic mass is 28.3. The van der Waals surface area contributed by atoms with E-state index in [-0.39, 0.29) is 0 Å². The minimum Gasteiger partial charge on any atom is -0.347 e. The first kappa shape index (κ1) is 13.0. The number of aromatic amines is 1. The van der Waals surface area contributed by atoms with Gasteiger partial charge in [0.15, 0.2) is 0 Å². The molecule has 102 valence electrons. The third-order valence-electron chi connectivity index (χ3n) is 3.39. The number of aryl methyl sites for hydroxylation is 1. The van der Waals surface area contributed by atoms with Crippen LogP contribution in [-0.2, 0) is 0 Å². The molecule has 0 fully saturated rings. The van der Waals surface area contributed by atoms with Gasteiger partial charge in [0.25, 0.3) is 0 Å². The van der Waals surface area contributed by atoms with E-state index in [0.717, 1.165) is 22.2 Å². The Morgan fingerprint density at radius 2 is 1.75 bits per heavy atom. The van der Waals surface area contributed by atoms with Crippen LogP contribution in [0.3, 0.4) is 0 Å². The van der Waals surface area contributed by atoms with Crippen LogP contribution in [0.4, 0.5) is 0 Å². The molecule has 0 aliphatic heterocycles. The highest BCUT2D eigenvalue weighted by Gasteiger charge is 2.25. The molecule has 1 N–H and O–H groups in total. The second-order valence-electron chi connectivity index (χ2n) is 6.16. The standard InChI is InChI=1S/C15H18N4Si/c1-10-5-12-13(11-7-16-9-17-8-11)15(20(2,3)4)19-14(12)18-6-10/h5-9H,1-4H3,(H,18,19). The van der Waals surface area contributed by atoms with Gasteiger partial charge in [-0.2, -0.15) is 0 Å². The summed E-state index contributed by atoms with van der Waals surface area (Å²) in [5, 5.41) is 2.47. The van der Waals surface area contributed by atoms with Gasteiger partial charge >= 0.3 is 0 Å². The predicted octanol–water partition coefficient (Wildman–Crippen LogP) is 2.87. The molecule has 0 saturated heterocycles. The smallest absolute Gasteiger partial charge is 0.137 e. The van der Waals surface area contributed by atoms with E-state index in [1.54, 1.807) is 6.33 Å². The number of hydrogen-bond donors (Lipinski definition) is 1. The van der Waals surface area contributed by atoms with Crippen molar-refractivity contribution in [1.29, 1.82) is 0 Å². The van der Waals surface area contributed by atoms with E-state index in [1.165, 1.54) is 10.9 Å². The Labute approximate surface area is 119 Å². The van der Waals surface area contributed by atoms with Crippen molar-refractivity contribution in [3.05, 3.63) is 36.5 Å². The highest BCUT2D eigenvalue weighted by molar-refractivity contribution is 6.89.